The van der Waals surface area contributed by atoms with Crippen LogP contribution in [-0.2, 0) is 0 Å². The first-order valence-corrected chi connectivity index (χ1v) is 12.3. The molecule has 1 atom stereocenters. The Labute approximate surface area is 206 Å². The molecule has 0 aliphatic rings. The van der Waals surface area contributed by atoms with Crippen LogP contribution in [0.2, 0.25) is 15.1 Å². The minimum absolute atomic E-state index is 0.335. The van der Waals surface area contributed by atoms with E-state index in [1.165, 1.54) is 0 Å². The summed E-state index contributed by atoms with van der Waals surface area (Å²) in [7, 11) is 0. The Morgan fingerprint density at radius 1 is 1.00 bits per heavy atom. The van der Waals surface area contributed by atoms with Crippen LogP contribution in [0.5, 0.6) is 0 Å². The number of pyridine rings is 1. The summed E-state index contributed by atoms with van der Waals surface area (Å²) in [5.41, 5.74) is 3.49. The molecule has 0 bridgehead atoms. The van der Waals surface area contributed by atoms with Gasteiger partial charge in [-0.15, -0.1) is 0 Å². The molecule has 32 heavy (non-hydrogen) atoms. The number of rotatable bonds is 10. The fourth-order valence-corrected chi connectivity index (χ4v) is 4.45. The van der Waals surface area contributed by atoms with Crippen molar-refractivity contribution in [2.75, 3.05) is 25.0 Å². The molecule has 0 saturated carbocycles. The molecule has 3 nitrogen and oxygen atoms in total. The third kappa shape index (κ3) is 6.62. The molecule has 0 aliphatic carbocycles. The number of halogens is 3. The third-order valence-electron chi connectivity index (χ3n) is 5.62. The van der Waals surface area contributed by atoms with Crippen molar-refractivity contribution < 1.29 is 0 Å². The van der Waals surface area contributed by atoms with Gasteiger partial charge in [-0.2, -0.15) is 0 Å². The van der Waals surface area contributed by atoms with Gasteiger partial charge in [-0.25, -0.2) is 4.98 Å². The smallest absolute Gasteiger partial charge is 0.0744 e. The Hall–Kier alpha value is -1.78. The first kappa shape index (κ1) is 24.9. The van der Waals surface area contributed by atoms with E-state index in [9.17, 15) is 0 Å². The minimum Gasteiger partial charge on any atom is -0.382 e. The summed E-state index contributed by atoms with van der Waals surface area (Å²) in [6.07, 6.45) is 6.08. The van der Waals surface area contributed by atoms with Gasteiger partial charge < -0.3 is 10.2 Å². The Morgan fingerprint density at radius 2 is 1.72 bits per heavy atom. The summed E-state index contributed by atoms with van der Waals surface area (Å²) in [4.78, 5) is 7.24. The van der Waals surface area contributed by atoms with E-state index in [-0.39, 0.29) is 0 Å². The molecule has 0 amide bonds. The largest absolute Gasteiger partial charge is 0.382 e. The zero-order valence-electron chi connectivity index (χ0n) is 18.8. The number of nitrogens with zero attached hydrogens (tertiary/aromatic N) is 2. The van der Waals surface area contributed by atoms with Crippen LogP contribution in [0.25, 0.3) is 23.1 Å². The topological polar surface area (TPSA) is 28.2 Å². The second-order valence-electron chi connectivity index (χ2n) is 7.94. The lowest BCUT2D eigenvalue weighted by molar-refractivity contribution is 0.295. The van der Waals surface area contributed by atoms with Gasteiger partial charge in [0.25, 0.3) is 0 Å². The highest BCUT2D eigenvalue weighted by Gasteiger charge is 2.10. The van der Waals surface area contributed by atoms with Crippen LogP contribution in [0.3, 0.4) is 0 Å². The monoisotopic (exact) mass is 489 g/mol. The number of nitrogens with one attached hydrogen (secondary N) is 1. The van der Waals surface area contributed by atoms with Gasteiger partial charge in [0.2, 0.25) is 0 Å². The van der Waals surface area contributed by atoms with Gasteiger partial charge in [0.1, 0.15) is 0 Å². The summed E-state index contributed by atoms with van der Waals surface area (Å²) >= 11 is 18.9. The number of hydrogen-bond donors (Lipinski definition) is 1. The molecular weight excluding hydrogens is 461 g/mol. The molecule has 2 aromatic carbocycles. The quantitative estimate of drug-likeness (QED) is 0.310. The number of benzene rings is 2. The van der Waals surface area contributed by atoms with Crippen LogP contribution in [0.1, 0.15) is 44.9 Å². The van der Waals surface area contributed by atoms with Gasteiger partial charge in [-0.3, -0.25) is 0 Å². The maximum Gasteiger partial charge on any atom is 0.0744 e. The fourth-order valence-electron chi connectivity index (χ4n) is 3.76. The van der Waals surface area contributed by atoms with Crippen molar-refractivity contribution in [2.24, 2.45) is 0 Å². The zero-order valence-corrected chi connectivity index (χ0v) is 21.1. The molecule has 0 fully saturated rings. The van der Waals surface area contributed by atoms with E-state index in [1.54, 1.807) is 0 Å². The van der Waals surface area contributed by atoms with Crippen molar-refractivity contribution in [2.45, 2.75) is 39.7 Å². The lowest BCUT2D eigenvalue weighted by Crippen LogP contribution is -2.25. The van der Waals surface area contributed by atoms with Gasteiger partial charge in [0.05, 0.1) is 11.2 Å². The lowest BCUT2D eigenvalue weighted by atomic mass is 10.1. The van der Waals surface area contributed by atoms with Gasteiger partial charge in [-0.05, 0) is 87.9 Å². The molecule has 6 heteroatoms. The summed E-state index contributed by atoms with van der Waals surface area (Å²) in [6.45, 7) is 9.97. The first-order valence-electron chi connectivity index (χ1n) is 11.1. The van der Waals surface area contributed by atoms with E-state index < -0.39 is 0 Å². The van der Waals surface area contributed by atoms with Crippen molar-refractivity contribution in [1.82, 2.24) is 9.88 Å². The Kier molecular flexibility index (Phi) is 9.24. The van der Waals surface area contributed by atoms with E-state index in [0.29, 0.717) is 21.1 Å². The Balaban J connectivity index is 1.84. The average molecular weight is 491 g/mol. The van der Waals surface area contributed by atoms with E-state index in [0.717, 1.165) is 60.3 Å². The predicted molar refractivity (Wildman–Crippen MR) is 142 cm³/mol. The SMILES string of the molecule is CCN(CC)CCCC(C)Nc1cc(/C=C/c2c(Cl)cccc2Cl)nc2cc(Cl)ccc12. The molecule has 3 rings (SSSR count). The van der Waals surface area contributed by atoms with Gasteiger partial charge >= 0.3 is 0 Å². The standard InChI is InChI=1S/C26H30Cl3N3/c1-4-32(5-2)15-7-8-18(3)30-26-17-20(31-25-16-19(27)11-13-22(25)26)12-14-21-23(28)9-6-10-24(21)29/h6,9-14,16-18H,4-5,7-8,15H2,1-3H3,(H,30,31)/b14-12+. The summed E-state index contributed by atoms with van der Waals surface area (Å²) in [6, 6.07) is 13.7. The maximum absolute atomic E-state index is 6.31. The van der Waals surface area contributed by atoms with Crippen molar-refractivity contribution in [3.63, 3.8) is 0 Å². The molecule has 1 aromatic heterocycles. The fraction of sp³-hybridized carbons (Fsp3) is 0.346. The highest BCUT2D eigenvalue weighted by atomic mass is 35.5. The minimum atomic E-state index is 0.335. The summed E-state index contributed by atoms with van der Waals surface area (Å²) in [5.74, 6) is 0. The van der Waals surface area contributed by atoms with Crippen molar-refractivity contribution in [1.29, 1.82) is 0 Å². The van der Waals surface area contributed by atoms with Gasteiger partial charge in [0, 0.05) is 37.7 Å². The van der Waals surface area contributed by atoms with E-state index in [2.05, 4.69) is 37.1 Å². The number of anilines is 1. The molecule has 0 spiro atoms. The van der Waals surface area contributed by atoms with Crippen molar-refractivity contribution >= 4 is 63.5 Å². The van der Waals surface area contributed by atoms with Gasteiger partial charge in [-0.1, -0.05) is 54.7 Å². The second-order valence-corrected chi connectivity index (χ2v) is 9.19. The number of fused-ring (bicyclic) bond motifs is 1. The third-order valence-corrected chi connectivity index (χ3v) is 6.51. The molecule has 3 aromatic rings. The van der Waals surface area contributed by atoms with E-state index in [1.807, 2.05) is 48.6 Å². The van der Waals surface area contributed by atoms with Crippen LogP contribution >= 0.6 is 34.8 Å². The molecule has 170 valence electrons. The normalized spacial score (nSPS) is 12.7. The molecule has 1 unspecified atom stereocenters. The average Bonchev–Trinajstić information content (AvgIpc) is 2.76. The van der Waals surface area contributed by atoms with Crippen molar-refractivity contribution in [3.8, 4) is 0 Å². The van der Waals surface area contributed by atoms with Crippen LogP contribution in [0.15, 0.2) is 42.5 Å². The molecule has 0 saturated heterocycles. The predicted octanol–water partition coefficient (Wildman–Crippen LogP) is 8.29. The highest BCUT2D eigenvalue weighted by molar-refractivity contribution is 6.37. The molecule has 1 heterocycles. The van der Waals surface area contributed by atoms with Gasteiger partial charge in [0.15, 0.2) is 0 Å². The van der Waals surface area contributed by atoms with Crippen LogP contribution in [0.4, 0.5) is 5.69 Å². The van der Waals surface area contributed by atoms with Crippen molar-refractivity contribution in [3.05, 3.63) is 68.8 Å². The van der Waals surface area contributed by atoms with Crippen LogP contribution in [-0.4, -0.2) is 35.6 Å². The molecule has 1 N–H and O–H groups in total. The Morgan fingerprint density at radius 3 is 2.41 bits per heavy atom. The number of hydrogen-bond acceptors (Lipinski definition) is 3. The van der Waals surface area contributed by atoms with E-state index >= 15 is 0 Å². The Bertz CT molecular complexity index is 1060. The van der Waals surface area contributed by atoms with Crippen LogP contribution in [0, 0.1) is 0 Å². The van der Waals surface area contributed by atoms with Crippen LogP contribution < -0.4 is 5.32 Å². The summed E-state index contributed by atoms with van der Waals surface area (Å²) < 4.78 is 0. The number of aromatic nitrogens is 1. The molecule has 0 aliphatic heterocycles. The lowest BCUT2D eigenvalue weighted by Gasteiger charge is -2.21. The summed E-state index contributed by atoms with van der Waals surface area (Å²) in [5, 5.41) is 6.62. The first-order chi connectivity index (χ1) is 15.4. The molecule has 0 radical (unpaired) electrons. The zero-order chi connectivity index (χ0) is 23.1. The molecular formula is C26H30Cl3N3. The second kappa shape index (κ2) is 11.9. The maximum atomic E-state index is 6.31. The van der Waals surface area contributed by atoms with E-state index in [4.69, 9.17) is 39.8 Å². The highest BCUT2D eigenvalue weighted by Crippen LogP contribution is 2.29.